The molecule has 0 rings (SSSR count). The summed E-state index contributed by atoms with van der Waals surface area (Å²) in [7, 11) is 0. The van der Waals surface area contributed by atoms with Crippen molar-refractivity contribution in [3.8, 4) is 0 Å². The maximum atomic E-state index is 3.61. The normalized spacial score (nSPS) is 11.4. The molecule has 0 spiro atoms. The van der Waals surface area contributed by atoms with Crippen LogP contribution in [0.15, 0.2) is 6.58 Å². The summed E-state index contributed by atoms with van der Waals surface area (Å²) >= 11 is 0. The van der Waals surface area contributed by atoms with Gasteiger partial charge in [-0.25, -0.2) is 6.42 Å². The molecule has 0 unspecified atom stereocenters. The third-order valence-electron chi connectivity index (χ3n) is 1.19. The molecule has 0 aliphatic heterocycles. The molecule has 0 saturated carbocycles. The van der Waals surface area contributed by atoms with Crippen molar-refractivity contribution in [3.63, 3.8) is 0 Å². The van der Waals surface area contributed by atoms with Gasteiger partial charge in [0.05, 0.1) is 0 Å². The van der Waals surface area contributed by atoms with Crippen molar-refractivity contribution in [2.24, 2.45) is 5.41 Å². The van der Waals surface area contributed by atoms with E-state index in [0.29, 0.717) is 0 Å². The van der Waals surface area contributed by atoms with Crippen molar-refractivity contribution in [1.29, 1.82) is 0 Å². The summed E-state index contributed by atoms with van der Waals surface area (Å²) in [6.07, 6.45) is 6.16. The van der Waals surface area contributed by atoms with Crippen LogP contribution in [0.1, 0.15) is 27.2 Å². The first-order chi connectivity index (χ1) is 3.62. The molecule has 0 fully saturated rings. The highest BCUT2D eigenvalue weighted by atomic mass is 14.1. The van der Waals surface area contributed by atoms with Gasteiger partial charge in [-0.05, 0) is 0 Å². The fourth-order valence-electron chi connectivity index (χ4n) is 0.582. The summed E-state index contributed by atoms with van der Waals surface area (Å²) in [5.74, 6) is 0. The quantitative estimate of drug-likeness (QED) is 0.490. The molecule has 0 nitrogen and oxygen atoms in total. The van der Waals surface area contributed by atoms with Gasteiger partial charge in [-0.2, -0.15) is 12.3 Å². The molecule has 0 saturated heterocycles. The van der Waals surface area contributed by atoms with Crippen LogP contribution in [0.2, 0.25) is 0 Å². The van der Waals surface area contributed by atoms with E-state index in [-0.39, 0.29) is 5.41 Å². The molecule has 0 aromatic rings. The van der Waals surface area contributed by atoms with E-state index in [1.54, 1.807) is 0 Å². The first kappa shape index (κ1) is 7.74. The zero-order valence-corrected chi connectivity index (χ0v) is 5.99. The topological polar surface area (TPSA) is 0 Å². The Bertz CT molecular complexity index is 70.1. The minimum absolute atomic E-state index is 0.175. The van der Waals surface area contributed by atoms with Crippen molar-refractivity contribution in [2.75, 3.05) is 0 Å². The monoisotopic (exact) mass is 110 g/mol. The minimum Gasteiger partial charge on any atom is -0.501 e. The lowest BCUT2D eigenvalue weighted by Crippen LogP contribution is -2.05. The lowest BCUT2D eigenvalue weighted by atomic mass is 9.89. The highest BCUT2D eigenvalue weighted by molar-refractivity contribution is 4.83. The molecule has 0 aliphatic carbocycles. The first-order valence-corrected chi connectivity index (χ1v) is 2.94. The SMILES string of the molecule is C=[C-]C(C)(C)C[CH-]C. The Morgan fingerprint density at radius 2 is 2.12 bits per heavy atom. The average Bonchev–Trinajstić information content (AvgIpc) is 1.67. The summed E-state index contributed by atoms with van der Waals surface area (Å²) in [6.45, 7) is 9.91. The van der Waals surface area contributed by atoms with Gasteiger partial charge < -0.3 is 12.5 Å². The third-order valence-corrected chi connectivity index (χ3v) is 1.19. The number of allylic oxidation sites excluding steroid dienone is 1. The molecule has 0 amide bonds. The van der Waals surface area contributed by atoms with Crippen molar-refractivity contribution < 1.29 is 0 Å². The van der Waals surface area contributed by atoms with Gasteiger partial charge in [0.15, 0.2) is 0 Å². The second-order valence-corrected chi connectivity index (χ2v) is 2.67. The molecule has 48 valence electrons. The minimum atomic E-state index is 0.175. The van der Waals surface area contributed by atoms with E-state index in [1.807, 2.05) is 0 Å². The van der Waals surface area contributed by atoms with Crippen molar-refractivity contribution in [2.45, 2.75) is 27.2 Å². The molecular formula is C8H14-2. The second-order valence-electron chi connectivity index (χ2n) is 2.67. The molecule has 8 heavy (non-hydrogen) atoms. The summed E-state index contributed by atoms with van der Waals surface area (Å²) < 4.78 is 0. The Hall–Kier alpha value is -0.260. The Balaban J connectivity index is 3.53. The second kappa shape index (κ2) is 2.91. The molecule has 0 bridgehead atoms. The van der Waals surface area contributed by atoms with Gasteiger partial charge in [0.25, 0.3) is 0 Å². The van der Waals surface area contributed by atoms with Gasteiger partial charge in [-0.3, -0.25) is 6.58 Å². The highest BCUT2D eigenvalue weighted by Crippen LogP contribution is 2.20. The lowest BCUT2D eigenvalue weighted by Gasteiger charge is -2.36. The van der Waals surface area contributed by atoms with Crippen LogP contribution in [-0.2, 0) is 0 Å². The van der Waals surface area contributed by atoms with Crippen LogP contribution in [0, 0.1) is 17.9 Å². The first-order valence-electron chi connectivity index (χ1n) is 2.94. The van der Waals surface area contributed by atoms with E-state index in [9.17, 15) is 0 Å². The van der Waals surface area contributed by atoms with Crippen LogP contribution in [0.3, 0.4) is 0 Å². The zero-order chi connectivity index (χ0) is 6.62. The lowest BCUT2D eigenvalue weighted by molar-refractivity contribution is 0.457. The third kappa shape index (κ3) is 2.84. The van der Waals surface area contributed by atoms with Crippen LogP contribution >= 0.6 is 0 Å². The largest absolute Gasteiger partial charge is 0.501 e. The average molecular weight is 110 g/mol. The smallest absolute Gasteiger partial charge is 0.0891 e. The number of hydrogen-bond donors (Lipinski definition) is 0. The van der Waals surface area contributed by atoms with Gasteiger partial charge >= 0.3 is 0 Å². The standard InChI is InChI=1S/C8H14/c1-5-7-8(3,4)6-2/h5H,2,7H2,1,3-4H3/q-2. The summed E-state index contributed by atoms with van der Waals surface area (Å²) in [5.41, 5.74) is 0.175. The molecule has 0 atom stereocenters. The van der Waals surface area contributed by atoms with Crippen molar-refractivity contribution in [3.05, 3.63) is 19.1 Å². The maximum Gasteiger partial charge on any atom is -0.0891 e. The van der Waals surface area contributed by atoms with Crippen LogP contribution in [0.4, 0.5) is 0 Å². The van der Waals surface area contributed by atoms with Crippen molar-refractivity contribution in [1.82, 2.24) is 0 Å². The molecule has 0 N–H and O–H groups in total. The molecule has 0 heteroatoms. The van der Waals surface area contributed by atoms with E-state index in [4.69, 9.17) is 0 Å². The van der Waals surface area contributed by atoms with E-state index >= 15 is 0 Å². The van der Waals surface area contributed by atoms with Crippen molar-refractivity contribution >= 4 is 0 Å². The van der Waals surface area contributed by atoms with E-state index < -0.39 is 0 Å². The Kier molecular flexibility index (Phi) is 2.81. The fraction of sp³-hybridized carbons (Fsp3) is 0.625. The Morgan fingerprint density at radius 1 is 1.62 bits per heavy atom. The van der Waals surface area contributed by atoms with Gasteiger partial charge in [-0.1, -0.05) is 13.8 Å². The summed E-state index contributed by atoms with van der Waals surface area (Å²) in [5, 5.41) is 0. The molecule has 0 aromatic carbocycles. The Labute approximate surface area is 52.6 Å². The summed E-state index contributed by atoms with van der Waals surface area (Å²) in [4.78, 5) is 0. The van der Waals surface area contributed by atoms with Gasteiger partial charge in [0, 0.05) is 0 Å². The predicted molar refractivity (Wildman–Crippen MR) is 37.2 cm³/mol. The van der Waals surface area contributed by atoms with Crippen LogP contribution in [-0.4, -0.2) is 0 Å². The van der Waals surface area contributed by atoms with Gasteiger partial charge in [0.2, 0.25) is 0 Å². The van der Waals surface area contributed by atoms with Gasteiger partial charge in [0.1, 0.15) is 0 Å². The van der Waals surface area contributed by atoms with E-state index in [0.717, 1.165) is 6.42 Å². The number of rotatable bonds is 3. The zero-order valence-electron chi connectivity index (χ0n) is 5.99. The summed E-state index contributed by atoms with van der Waals surface area (Å²) in [6, 6.07) is 0. The van der Waals surface area contributed by atoms with Crippen LogP contribution in [0.25, 0.3) is 0 Å². The number of hydrogen-bond acceptors (Lipinski definition) is 0. The molecule has 0 radical (unpaired) electrons. The molecule has 0 aliphatic rings. The van der Waals surface area contributed by atoms with Crippen LogP contribution < -0.4 is 0 Å². The van der Waals surface area contributed by atoms with E-state index in [1.165, 1.54) is 0 Å². The molecular weight excluding hydrogens is 96.1 g/mol. The molecule has 0 heterocycles. The molecule has 0 aromatic heterocycles. The van der Waals surface area contributed by atoms with Gasteiger partial charge in [-0.15, -0.1) is 0 Å². The fourth-order valence-corrected chi connectivity index (χ4v) is 0.582. The highest BCUT2D eigenvalue weighted by Gasteiger charge is 1.91. The van der Waals surface area contributed by atoms with Crippen LogP contribution in [0.5, 0.6) is 0 Å². The maximum absolute atomic E-state index is 3.61. The predicted octanol–water partition coefficient (Wildman–Crippen LogP) is 2.62. The Morgan fingerprint density at radius 3 is 2.25 bits per heavy atom. The van der Waals surface area contributed by atoms with E-state index in [2.05, 4.69) is 39.8 Å².